The Kier molecular flexibility index (Phi) is 6.75. The van der Waals surface area contributed by atoms with Crippen molar-refractivity contribution in [3.05, 3.63) is 29.6 Å². The molecular weight excluding hydrogens is 329 g/mol. The lowest BCUT2D eigenvalue weighted by molar-refractivity contribution is 0.335. The Balaban J connectivity index is 0.00000242. The van der Waals surface area contributed by atoms with Gasteiger partial charge in [0.25, 0.3) is 0 Å². The molecule has 0 bridgehead atoms. The highest BCUT2D eigenvalue weighted by Crippen LogP contribution is 2.23. The molecule has 1 atom stereocenters. The Bertz CT molecular complexity index is 655. The van der Waals surface area contributed by atoms with Crippen LogP contribution in [0.2, 0.25) is 0 Å². The van der Waals surface area contributed by atoms with Crippen LogP contribution < -0.4 is 5.32 Å². The van der Waals surface area contributed by atoms with Crippen molar-refractivity contribution < 1.29 is 12.8 Å². The van der Waals surface area contributed by atoms with Gasteiger partial charge in [0.2, 0.25) is 10.0 Å². The summed E-state index contributed by atoms with van der Waals surface area (Å²) in [5, 5.41) is 12.0. The fraction of sp³-hybridized carbons (Fsp3) is 0.500. The molecule has 1 saturated heterocycles. The summed E-state index contributed by atoms with van der Waals surface area (Å²) in [6.45, 7) is 3.73. The van der Waals surface area contributed by atoms with Gasteiger partial charge < -0.3 is 5.32 Å². The summed E-state index contributed by atoms with van der Waals surface area (Å²) in [7, 11) is -3.72. The molecule has 0 spiro atoms. The summed E-state index contributed by atoms with van der Waals surface area (Å²) in [6.07, 6.45) is 1.45. The molecule has 1 heterocycles. The van der Waals surface area contributed by atoms with Crippen LogP contribution in [0.25, 0.3) is 0 Å². The summed E-state index contributed by atoms with van der Waals surface area (Å²) in [6, 6.07) is 4.94. The first-order valence-corrected chi connectivity index (χ1v) is 8.37. The number of rotatable bonds is 5. The topological polar surface area (TPSA) is 73.2 Å². The van der Waals surface area contributed by atoms with Gasteiger partial charge in [0.15, 0.2) is 0 Å². The molecule has 1 aliphatic rings. The predicted octanol–water partition coefficient (Wildman–Crippen LogP) is 1.88. The number of halogens is 2. The number of nitriles is 1. The van der Waals surface area contributed by atoms with Crippen molar-refractivity contribution in [2.24, 2.45) is 0 Å². The van der Waals surface area contributed by atoms with Crippen LogP contribution in [-0.4, -0.2) is 38.4 Å². The summed E-state index contributed by atoms with van der Waals surface area (Å²) in [5.74, 6) is -0.707. The minimum atomic E-state index is -3.72. The molecule has 122 valence electrons. The van der Waals surface area contributed by atoms with Gasteiger partial charge in [-0.25, -0.2) is 12.8 Å². The third-order valence-electron chi connectivity index (χ3n) is 3.55. The quantitative estimate of drug-likeness (QED) is 0.882. The molecular formula is C14H19ClFN3O2S. The van der Waals surface area contributed by atoms with Crippen molar-refractivity contribution in [3.8, 4) is 6.07 Å². The maximum atomic E-state index is 13.4. The van der Waals surface area contributed by atoms with E-state index in [1.54, 1.807) is 6.07 Å². The van der Waals surface area contributed by atoms with Crippen molar-refractivity contribution >= 4 is 22.4 Å². The molecule has 0 aliphatic carbocycles. The molecule has 1 fully saturated rings. The minimum Gasteiger partial charge on any atom is -0.315 e. The Morgan fingerprint density at radius 1 is 1.50 bits per heavy atom. The third-order valence-corrected chi connectivity index (χ3v) is 5.50. The van der Waals surface area contributed by atoms with E-state index in [9.17, 15) is 12.8 Å². The molecule has 1 N–H and O–H groups in total. The van der Waals surface area contributed by atoms with Crippen LogP contribution in [0.1, 0.15) is 25.3 Å². The zero-order valence-electron chi connectivity index (χ0n) is 12.3. The molecule has 22 heavy (non-hydrogen) atoms. The van der Waals surface area contributed by atoms with Gasteiger partial charge in [-0.3, -0.25) is 0 Å². The highest BCUT2D eigenvalue weighted by Gasteiger charge is 2.32. The van der Waals surface area contributed by atoms with E-state index in [-0.39, 0.29) is 28.9 Å². The number of nitrogens with zero attached hydrogens (tertiary/aromatic N) is 2. The second kappa shape index (κ2) is 7.88. The molecule has 0 radical (unpaired) electrons. The average Bonchev–Trinajstić information content (AvgIpc) is 2.98. The van der Waals surface area contributed by atoms with E-state index in [2.05, 4.69) is 5.32 Å². The SMILES string of the molecule is CCCN(C1CCNC1)S(=O)(=O)c1ccc(F)c(C#N)c1.Cl. The maximum Gasteiger partial charge on any atom is 0.243 e. The van der Waals surface area contributed by atoms with Crippen LogP contribution in [0.15, 0.2) is 23.1 Å². The standard InChI is InChI=1S/C14H18FN3O2S.ClH/c1-2-7-18(12-5-6-17-10-12)21(19,20)13-3-4-14(15)11(8-13)9-16;/h3-4,8,12,17H,2,5-7,10H2,1H3;1H. The van der Waals surface area contributed by atoms with Gasteiger partial charge in [0.1, 0.15) is 11.9 Å². The lowest BCUT2D eigenvalue weighted by atomic mass is 10.2. The first-order valence-electron chi connectivity index (χ1n) is 6.93. The van der Waals surface area contributed by atoms with E-state index in [0.717, 1.165) is 25.1 Å². The van der Waals surface area contributed by atoms with Gasteiger partial charge in [0, 0.05) is 19.1 Å². The molecule has 5 nitrogen and oxygen atoms in total. The smallest absolute Gasteiger partial charge is 0.243 e. The lowest BCUT2D eigenvalue weighted by Crippen LogP contribution is -2.42. The molecule has 0 saturated carbocycles. The van der Waals surface area contributed by atoms with E-state index < -0.39 is 15.8 Å². The fourth-order valence-corrected chi connectivity index (χ4v) is 4.26. The van der Waals surface area contributed by atoms with E-state index in [1.807, 2.05) is 6.92 Å². The monoisotopic (exact) mass is 347 g/mol. The predicted molar refractivity (Wildman–Crippen MR) is 83.8 cm³/mol. The van der Waals surface area contributed by atoms with Crippen LogP contribution in [0, 0.1) is 17.1 Å². The Hall–Kier alpha value is -1.20. The first kappa shape index (κ1) is 18.8. The number of sulfonamides is 1. The van der Waals surface area contributed by atoms with E-state index in [1.165, 1.54) is 10.4 Å². The fourth-order valence-electron chi connectivity index (χ4n) is 2.49. The van der Waals surface area contributed by atoms with Crippen molar-refractivity contribution in [1.29, 1.82) is 5.26 Å². The Labute approximate surface area is 136 Å². The second-order valence-corrected chi connectivity index (χ2v) is 6.91. The van der Waals surface area contributed by atoms with Gasteiger partial charge in [-0.05, 0) is 37.6 Å². The summed E-state index contributed by atoms with van der Waals surface area (Å²) in [4.78, 5) is -0.0270. The summed E-state index contributed by atoms with van der Waals surface area (Å²) >= 11 is 0. The van der Waals surface area contributed by atoms with Crippen molar-refractivity contribution in [3.63, 3.8) is 0 Å². The van der Waals surface area contributed by atoms with Gasteiger partial charge >= 0.3 is 0 Å². The molecule has 2 rings (SSSR count). The highest BCUT2D eigenvalue weighted by atomic mass is 35.5. The molecule has 1 aromatic carbocycles. The number of nitrogens with one attached hydrogen (secondary N) is 1. The van der Waals surface area contributed by atoms with E-state index >= 15 is 0 Å². The van der Waals surface area contributed by atoms with E-state index in [4.69, 9.17) is 5.26 Å². The first-order chi connectivity index (χ1) is 10.0. The highest BCUT2D eigenvalue weighted by molar-refractivity contribution is 7.89. The van der Waals surface area contributed by atoms with Crippen molar-refractivity contribution in [2.45, 2.75) is 30.7 Å². The van der Waals surface area contributed by atoms with Gasteiger partial charge in [0.05, 0.1) is 10.5 Å². The number of hydrogen-bond acceptors (Lipinski definition) is 4. The van der Waals surface area contributed by atoms with Crippen LogP contribution in [0.4, 0.5) is 4.39 Å². The number of hydrogen-bond donors (Lipinski definition) is 1. The third kappa shape index (κ3) is 3.76. The average molecular weight is 348 g/mol. The molecule has 8 heteroatoms. The zero-order valence-corrected chi connectivity index (χ0v) is 13.9. The van der Waals surface area contributed by atoms with E-state index in [0.29, 0.717) is 19.5 Å². The normalized spacial score (nSPS) is 18.0. The van der Waals surface area contributed by atoms with Crippen molar-refractivity contribution in [2.75, 3.05) is 19.6 Å². The lowest BCUT2D eigenvalue weighted by Gasteiger charge is -2.27. The molecule has 0 amide bonds. The number of benzene rings is 1. The maximum absolute atomic E-state index is 13.4. The summed E-state index contributed by atoms with van der Waals surface area (Å²) < 4.78 is 40.3. The molecule has 1 aliphatic heterocycles. The van der Waals surface area contributed by atoms with Gasteiger partial charge in [-0.2, -0.15) is 9.57 Å². The minimum absolute atomic E-state index is 0. The Morgan fingerprint density at radius 2 is 2.23 bits per heavy atom. The van der Waals surface area contributed by atoms with Crippen LogP contribution in [0.5, 0.6) is 0 Å². The van der Waals surface area contributed by atoms with Gasteiger partial charge in [-0.15, -0.1) is 12.4 Å². The molecule has 1 unspecified atom stereocenters. The van der Waals surface area contributed by atoms with Crippen LogP contribution in [-0.2, 0) is 10.0 Å². The van der Waals surface area contributed by atoms with Gasteiger partial charge in [-0.1, -0.05) is 6.92 Å². The molecule has 1 aromatic rings. The summed E-state index contributed by atoms with van der Waals surface area (Å²) in [5.41, 5.74) is -0.253. The largest absolute Gasteiger partial charge is 0.315 e. The zero-order chi connectivity index (χ0) is 15.5. The second-order valence-electron chi connectivity index (χ2n) is 5.02. The Morgan fingerprint density at radius 3 is 2.77 bits per heavy atom. The van der Waals surface area contributed by atoms with Crippen LogP contribution in [0.3, 0.4) is 0 Å². The molecule has 0 aromatic heterocycles. The van der Waals surface area contributed by atoms with Crippen LogP contribution >= 0.6 is 12.4 Å². The van der Waals surface area contributed by atoms with Crippen molar-refractivity contribution in [1.82, 2.24) is 9.62 Å².